The van der Waals surface area contributed by atoms with Crippen LogP contribution >= 0.6 is 22.9 Å². The summed E-state index contributed by atoms with van der Waals surface area (Å²) in [6, 6.07) is 0.597. The molecule has 7 heteroatoms. The third kappa shape index (κ3) is 3.93. The SMILES string of the molecule is CCC(C)N(C)CCNc1snc(N)c1-c1nc(C)cs1. The van der Waals surface area contributed by atoms with Gasteiger partial charge < -0.3 is 16.0 Å². The number of likely N-dealkylation sites (N-methyl/N-ethyl adjacent to an activating group) is 1. The second kappa shape index (κ2) is 7.20. The molecule has 0 aliphatic heterocycles. The standard InChI is InChI=1S/C14H23N5S2/c1-5-10(3)19(4)7-6-16-13-11(12(15)18-21-13)14-17-9(2)8-20-14/h8,10,16H,5-7H2,1-4H3,(H2,15,18). The molecule has 0 aromatic carbocycles. The van der Waals surface area contributed by atoms with Crippen molar-refractivity contribution in [3.8, 4) is 10.6 Å². The van der Waals surface area contributed by atoms with Crippen LogP contribution in [-0.4, -0.2) is 40.4 Å². The van der Waals surface area contributed by atoms with Crippen LogP contribution in [0.5, 0.6) is 0 Å². The zero-order valence-corrected chi connectivity index (χ0v) is 14.6. The van der Waals surface area contributed by atoms with Crippen molar-refractivity contribution in [3.63, 3.8) is 0 Å². The number of anilines is 2. The van der Waals surface area contributed by atoms with E-state index in [4.69, 9.17) is 5.73 Å². The molecule has 0 bridgehead atoms. The van der Waals surface area contributed by atoms with Crippen molar-refractivity contribution in [2.45, 2.75) is 33.2 Å². The van der Waals surface area contributed by atoms with Gasteiger partial charge in [0, 0.05) is 30.2 Å². The lowest BCUT2D eigenvalue weighted by Gasteiger charge is -2.23. The molecular weight excluding hydrogens is 302 g/mol. The first-order chi connectivity index (χ1) is 10.0. The maximum atomic E-state index is 6.00. The Hall–Kier alpha value is -1.18. The number of hydrogen-bond acceptors (Lipinski definition) is 7. The van der Waals surface area contributed by atoms with Crippen LogP contribution in [0.3, 0.4) is 0 Å². The summed E-state index contributed by atoms with van der Waals surface area (Å²) < 4.78 is 4.26. The predicted octanol–water partition coefficient (Wildman–Crippen LogP) is 3.30. The minimum absolute atomic E-state index is 0.562. The average molecular weight is 326 g/mol. The molecule has 0 radical (unpaired) electrons. The summed E-state index contributed by atoms with van der Waals surface area (Å²) in [4.78, 5) is 6.87. The monoisotopic (exact) mass is 325 g/mol. The number of nitrogens with one attached hydrogen (secondary N) is 1. The van der Waals surface area contributed by atoms with Gasteiger partial charge in [0.05, 0.1) is 5.56 Å². The first kappa shape index (κ1) is 16.2. The van der Waals surface area contributed by atoms with E-state index >= 15 is 0 Å². The Morgan fingerprint density at radius 2 is 2.24 bits per heavy atom. The van der Waals surface area contributed by atoms with E-state index in [2.05, 4.69) is 40.5 Å². The molecule has 21 heavy (non-hydrogen) atoms. The molecule has 0 aliphatic carbocycles. The molecule has 1 unspecified atom stereocenters. The third-order valence-electron chi connectivity index (χ3n) is 3.64. The predicted molar refractivity (Wildman–Crippen MR) is 93.2 cm³/mol. The molecule has 3 N–H and O–H groups in total. The van der Waals surface area contributed by atoms with Crippen LogP contribution in [0.15, 0.2) is 5.38 Å². The van der Waals surface area contributed by atoms with Gasteiger partial charge in [-0.05, 0) is 38.8 Å². The third-order valence-corrected chi connectivity index (χ3v) is 5.44. The van der Waals surface area contributed by atoms with Crippen LogP contribution in [0.25, 0.3) is 10.6 Å². The van der Waals surface area contributed by atoms with Crippen LogP contribution in [0.1, 0.15) is 26.0 Å². The Balaban J connectivity index is 2.02. The fraction of sp³-hybridized carbons (Fsp3) is 0.571. The van der Waals surface area contributed by atoms with Gasteiger partial charge in [-0.1, -0.05) is 6.92 Å². The summed E-state index contributed by atoms with van der Waals surface area (Å²) >= 11 is 3.02. The number of nitrogens with zero attached hydrogens (tertiary/aromatic N) is 3. The zero-order valence-electron chi connectivity index (χ0n) is 13.0. The first-order valence-corrected chi connectivity index (χ1v) is 8.80. The van der Waals surface area contributed by atoms with Crippen LogP contribution < -0.4 is 11.1 Å². The Labute approximate surface area is 134 Å². The topological polar surface area (TPSA) is 67.1 Å². The van der Waals surface area contributed by atoms with Gasteiger partial charge in [0.1, 0.15) is 15.8 Å². The van der Waals surface area contributed by atoms with Crippen molar-refractivity contribution < 1.29 is 0 Å². The largest absolute Gasteiger partial charge is 0.382 e. The van der Waals surface area contributed by atoms with Crippen molar-refractivity contribution in [1.82, 2.24) is 14.3 Å². The fourth-order valence-corrected chi connectivity index (χ4v) is 3.64. The van der Waals surface area contributed by atoms with Crippen molar-refractivity contribution >= 4 is 33.7 Å². The van der Waals surface area contributed by atoms with Gasteiger partial charge in [0.15, 0.2) is 0 Å². The smallest absolute Gasteiger partial charge is 0.149 e. The number of rotatable bonds is 7. The molecule has 0 amide bonds. The summed E-state index contributed by atoms with van der Waals surface area (Å²) in [5.74, 6) is 0.562. The molecule has 2 aromatic rings. The normalized spacial score (nSPS) is 12.8. The Morgan fingerprint density at radius 1 is 1.48 bits per heavy atom. The van der Waals surface area contributed by atoms with E-state index in [-0.39, 0.29) is 0 Å². The lowest BCUT2D eigenvalue weighted by molar-refractivity contribution is 0.261. The van der Waals surface area contributed by atoms with Crippen molar-refractivity contribution in [3.05, 3.63) is 11.1 Å². The minimum atomic E-state index is 0.562. The molecule has 0 aliphatic rings. The number of thiazole rings is 1. The number of nitrogen functional groups attached to an aromatic ring is 1. The molecule has 1 atom stereocenters. The Morgan fingerprint density at radius 3 is 2.86 bits per heavy atom. The number of nitrogens with two attached hydrogens (primary N) is 1. The molecule has 5 nitrogen and oxygen atoms in total. The summed E-state index contributed by atoms with van der Waals surface area (Å²) in [5.41, 5.74) is 7.96. The second-order valence-electron chi connectivity index (χ2n) is 5.23. The first-order valence-electron chi connectivity index (χ1n) is 7.14. The molecule has 0 saturated heterocycles. The molecule has 2 heterocycles. The highest BCUT2D eigenvalue weighted by atomic mass is 32.1. The average Bonchev–Trinajstić information content (AvgIpc) is 3.04. The fourth-order valence-electron chi connectivity index (χ4n) is 1.98. The van der Waals surface area contributed by atoms with Crippen LogP contribution in [0.2, 0.25) is 0 Å². The van der Waals surface area contributed by atoms with Gasteiger partial charge in [0.25, 0.3) is 0 Å². The number of hydrogen-bond donors (Lipinski definition) is 2. The zero-order chi connectivity index (χ0) is 15.4. The lowest BCUT2D eigenvalue weighted by atomic mass is 10.2. The van der Waals surface area contributed by atoms with E-state index in [1.165, 1.54) is 11.5 Å². The van der Waals surface area contributed by atoms with E-state index in [0.717, 1.165) is 40.8 Å². The van der Waals surface area contributed by atoms with Crippen LogP contribution in [0.4, 0.5) is 10.8 Å². The number of aromatic nitrogens is 2. The van der Waals surface area contributed by atoms with Crippen LogP contribution in [0, 0.1) is 6.92 Å². The van der Waals surface area contributed by atoms with Gasteiger partial charge in [0.2, 0.25) is 0 Å². The summed E-state index contributed by atoms with van der Waals surface area (Å²) in [7, 11) is 2.15. The van der Waals surface area contributed by atoms with E-state index in [0.29, 0.717) is 11.9 Å². The summed E-state index contributed by atoms with van der Waals surface area (Å²) in [6.45, 7) is 8.31. The van der Waals surface area contributed by atoms with Crippen molar-refractivity contribution in [1.29, 1.82) is 0 Å². The van der Waals surface area contributed by atoms with Gasteiger partial charge in [-0.25, -0.2) is 4.98 Å². The van der Waals surface area contributed by atoms with Gasteiger partial charge in [-0.3, -0.25) is 0 Å². The lowest BCUT2D eigenvalue weighted by Crippen LogP contribution is -2.32. The van der Waals surface area contributed by atoms with E-state index in [1.54, 1.807) is 11.3 Å². The van der Waals surface area contributed by atoms with Crippen molar-refractivity contribution in [2.24, 2.45) is 0 Å². The summed E-state index contributed by atoms with van der Waals surface area (Å²) in [6.07, 6.45) is 1.16. The Kier molecular flexibility index (Phi) is 5.55. The van der Waals surface area contributed by atoms with Gasteiger partial charge >= 0.3 is 0 Å². The van der Waals surface area contributed by atoms with E-state index in [1.807, 2.05) is 12.3 Å². The van der Waals surface area contributed by atoms with Crippen LogP contribution in [-0.2, 0) is 0 Å². The number of aryl methyl sites for hydroxylation is 1. The summed E-state index contributed by atoms with van der Waals surface area (Å²) in [5, 5.41) is 7.44. The highest BCUT2D eigenvalue weighted by Gasteiger charge is 2.16. The van der Waals surface area contributed by atoms with Crippen molar-refractivity contribution in [2.75, 3.05) is 31.2 Å². The molecule has 0 spiro atoms. The second-order valence-corrected chi connectivity index (χ2v) is 6.86. The molecule has 2 rings (SSSR count). The van der Waals surface area contributed by atoms with E-state index < -0.39 is 0 Å². The minimum Gasteiger partial charge on any atom is -0.382 e. The molecule has 116 valence electrons. The maximum absolute atomic E-state index is 6.00. The highest BCUT2D eigenvalue weighted by molar-refractivity contribution is 7.15. The van der Waals surface area contributed by atoms with Gasteiger partial charge in [-0.2, -0.15) is 4.37 Å². The Bertz CT molecular complexity index is 578. The molecular formula is C14H23N5S2. The quantitative estimate of drug-likeness (QED) is 0.817. The molecule has 0 fully saturated rings. The highest BCUT2D eigenvalue weighted by Crippen LogP contribution is 2.38. The maximum Gasteiger partial charge on any atom is 0.149 e. The van der Waals surface area contributed by atoms with Gasteiger partial charge in [-0.15, -0.1) is 11.3 Å². The molecule has 0 saturated carbocycles. The molecule has 2 aromatic heterocycles. The van der Waals surface area contributed by atoms with E-state index in [9.17, 15) is 0 Å².